The predicted octanol–water partition coefficient (Wildman–Crippen LogP) is 4.43. The van der Waals surface area contributed by atoms with Crippen molar-refractivity contribution in [3.63, 3.8) is 0 Å². The highest BCUT2D eigenvalue weighted by Crippen LogP contribution is 2.64. The lowest BCUT2D eigenvalue weighted by Crippen LogP contribution is -2.57. The van der Waals surface area contributed by atoms with Crippen molar-refractivity contribution in [3.05, 3.63) is 110 Å². The number of halogens is 1. The number of carbonyl (C=O) groups excluding carboxylic acids is 2. The Balaban J connectivity index is 1.68. The van der Waals surface area contributed by atoms with Gasteiger partial charge in [-0.05, 0) is 35.7 Å². The van der Waals surface area contributed by atoms with E-state index in [1.54, 1.807) is 49.4 Å². The Hall–Kier alpha value is -3.51. The van der Waals surface area contributed by atoms with Gasteiger partial charge in [0.25, 0.3) is 5.54 Å². The third-order valence-corrected chi connectivity index (χ3v) is 7.51. The van der Waals surface area contributed by atoms with Gasteiger partial charge in [0.1, 0.15) is 5.92 Å². The first-order valence-electron chi connectivity index (χ1n) is 10.4. The van der Waals surface area contributed by atoms with Crippen molar-refractivity contribution in [1.82, 2.24) is 0 Å². The van der Waals surface area contributed by atoms with Gasteiger partial charge in [0.15, 0.2) is 0 Å². The molecular weight excluding hydrogens is 428 g/mol. The monoisotopic (exact) mass is 444 g/mol. The average Bonchev–Trinajstić information content (AvgIpc) is 3.06. The summed E-state index contributed by atoms with van der Waals surface area (Å²) < 4.78 is 0. The number of amides is 2. The number of imide groups is 1. The number of nitrogens with zero attached hydrogens (tertiary/aromatic N) is 2. The standard InChI is InChI=1S/C25H17ClN2O4/c1-13-10-11-14(26)12-19(13)27-23(29)21-20-15-6-2-4-8-17(15)25(28(31)32,22(21)24(27)30)18-9-5-3-7-16(18)20/h2-12,20-22H,1H3/t20?,21-,22+,25?/m0/s1. The van der Waals surface area contributed by atoms with Crippen molar-refractivity contribution < 1.29 is 14.5 Å². The zero-order chi connectivity index (χ0) is 22.4. The third-order valence-electron chi connectivity index (χ3n) is 7.27. The van der Waals surface area contributed by atoms with E-state index in [0.717, 1.165) is 16.0 Å². The highest BCUT2D eigenvalue weighted by molar-refractivity contribution is 6.31. The van der Waals surface area contributed by atoms with E-state index < -0.39 is 35.1 Å². The molecule has 1 saturated heterocycles. The Morgan fingerprint density at radius 1 is 0.938 bits per heavy atom. The number of carbonyl (C=O) groups is 2. The fraction of sp³-hybridized carbons (Fsp3) is 0.200. The van der Waals surface area contributed by atoms with Crippen molar-refractivity contribution in [2.45, 2.75) is 18.4 Å². The summed E-state index contributed by atoms with van der Waals surface area (Å²) in [6, 6.07) is 19.3. The van der Waals surface area contributed by atoms with Gasteiger partial charge in [0.2, 0.25) is 11.8 Å². The molecule has 2 amide bonds. The van der Waals surface area contributed by atoms with Crippen LogP contribution in [0.15, 0.2) is 66.7 Å². The third kappa shape index (κ3) is 2.06. The van der Waals surface area contributed by atoms with Crippen LogP contribution in [0.1, 0.15) is 33.7 Å². The van der Waals surface area contributed by atoms with E-state index in [4.69, 9.17) is 11.6 Å². The first-order valence-corrected chi connectivity index (χ1v) is 10.7. The van der Waals surface area contributed by atoms with Crippen LogP contribution in [0.3, 0.4) is 0 Å². The molecule has 0 aromatic heterocycles. The Bertz CT molecular complexity index is 1320. The van der Waals surface area contributed by atoms with E-state index in [9.17, 15) is 19.7 Å². The lowest BCUT2D eigenvalue weighted by Gasteiger charge is -2.48. The minimum absolute atomic E-state index is 0.364. The molecule has 32 heavy (non-hydrogen) atoms. The van der Waals surface area contributed by atoms with Crippen LogP contribution >= 0.6 is 11.6 Å². The first kappa shape index (κ1) is 19.2. The summed E-state index contributed by atoms with van der Waals surface area (Å²) in [5.74, 6) is -3.36. The predicted molar refractivity (Wildman–Crippen MR) is 118 cm³/mol. The van der Waals surface area contributed by atoms with Gasteiger partial charge in [0, 0.05) is 27.0 Å². The highest BCUT2D eigenvalue weighted by atomic mass is 35.5. The van der Waals surface area contributed by atoms with Gasteiger partial charge in [-0.2, -0.15) is 0 Å². The van der Waals surface area contributed by atoms with Crippen molar-refractivity contribution in [1.29, 1.82) is 0 Å². The van der Waals surface area contributed by atoms with E-state index >= 15 is 0 Å². The molecule has 2 bridgehead atoms. The lowest BCUT2D eigenvalue weighted by atomic mass is 9.51. The zero-order valence-electron chi connectivity index (χ0n) is 17.0. The molecule has 6 nitrogen and oxygen atoms in total. The molecule has 3 aliphatic carbocycles. The SMILES string of the molecule is Cc1ccc(Cl)cc1N1C(=O)[C@H]2C3c4ccccc4C([N+](=O)[O-])(c4ccccc43)[C@H]2C1=O. The molecule has 158 valence electrons. The molecule has 0 unspecified atom stereocenters. The molecule has 1 heterocycles. The molecule has 0 spiro atoms. The van der Waals surface area contributed by atoms with Crippen LogP contribution in [0.25, 0.3) is 0 Å². The van der Waals surface area contributed by atoms with Crippen molar-refractivity contribution in [2.75, 3.05) is 4.90 Å². The second kappa shape index (κ2) is 6.26. The van der Waals surface area contributed by atoms with E-state index in [1.165, 1.54) is 0 Å². The molecule has 2 atom stereocenters. The Morgan fingerprint density at radius 2 is 1.53 bits per heavy atom. The van der Waals surface area contributed by atoms with Gasteiger partial charge in [-0.3, -0.25) is 19.7 Å². The minimum atomic E-state index is -1.82. The molecule has 7 rings (SSSR count). The second-order valence-electron chi connectivity index (χ2n) is 8.62. The molecule has 0 N–H and O–H groups in total. The van der Waals surface area contributed by atoms with E-state index in [2.05, 4.69) is 0 Å². The number of benzene rings is 3. The average molecular weight is 445 g/mol. The molecule has 7 heteroatoms. The van der Waals surface area contributed by atoms with Crippen molar-refractivity contribution >= 4 is 29.1 Å². The summed E-state index contributed by atoms with van der Waals surface area (Å²) >= 11 is 6.18. The normalized spacial score (nSPS) is 27.2. The molecule has 3 aromatic rings. The number of aryl methyl sites for hydroxylation is 1. The van der Waals surface area contributed by atoms with E-state index in [1.807, 2.05) is 24.3 Å². The Morgan fingerprint density at radius 3 is 2.12 bits per heavy atom. The number of rotatable bonds is 2. The first-order chi connectivity index (χ1) is 15.4. The fourth-order valence-electron chi connectivity index (χ4n) is 6.10. The molecule has 1 aliphatic heterocycles. The summed E-state index contributed by atoms with van der Waals surface area (Å²) in [5, 5.41) is 13.3. The maximum absolute atomic E-state index is 13.9. The van der Waals surface area contributed by atoms with Crippen molar-refractivity contribution in [2.24, 2.45) is 11.8 Å². The smallest absolute Gasteiger partial charge is 0.274 e. The Labute approximate surface area is 188 Å². The quantitative estimate of drug-likeness (QED) is 0.332. The molecular formula is C25H17ClN2O4. The number of anilines is 1. The van der Waals surface area contributed by atoms with E-state index in [-0.39, 0.29) is 4.92 Å². The molecule has 4 aliphatic rings. The molecule has 0 radical (unpaired) electrons. The number of hydrogen-bond acceptors (Lipinski definition) is 4. The molecule has 3 aromatic carbocycles. The second-order valence-corrected chi connectivity index (χ2v) is 9.06. The lowest BCUT2D eigenvalue weighted by molar-refractivity contribution is -0.578. The number of hydrogen-bond donors (Lipinski definition) is 0. The minimum Gasteiger partial charge on any atom is -0.274 e. The fourth-order valence-corrected chi connectivity index (χ4v) is 6.27. The topological polar surface area (TPSA) is 80.5 Å². The van der Waals surface area contributed by atoms with Crippen LogP contribution in [0, 0.1) is 28.9 Å². The summed E-state index contributed by atoms with van der Waals surface area (Å²) in [6.07, 6.45) is 0. The summed E-state index contributed by atoms with van der Waals surface area (Å²) in [5.41, 5.74) is 1.76. The van der Waals surface area contributed by atoms with Gasteiger partial charge in [0.05, 0.1) is 11.6 Å². The van der Waals surface area contributed by atoms with E-state index in [0.29, 0.717) is 27.4 Å². The van der Waals surface area contributed by atoms with Crippen LogP contribution in [0.4, 0.5) is 5.69 Å². The zero-order valence-corrected chi connectivity index (χ0v) is 17.7. The van der Waals surface area contributed by atoms with Crippen LogP contribution < -0.4 is 4.90 Å². The van der Waals surface area contributed by atoms with Crippen LogP contribution in [-0.2, 0) is 15.1 Å². The van der Waals surface area contributed by atoms with Crippen LogP contribution in [-0.4, -0.2) is 16.7 Å². The van der Waals surface area contributed by atoms with Crippen LogP contribution in [0.2, 0.25) is 5.02 Å². The Kier molecular flexibility index (Phi) is 3.76. The summed E-state index contributed by atoms with van der Waals surface area (Å²) in [4.78, 5) is 41.4. The van der Waals surface area contributed by atoms with Crippen molar-refractivity contribution in [3.8, 4) is 0 Å². The number of nitro groups is 1. The van der Waals surface area contributed by atoms with Gasteiger partial charge >= 0.3 is 0 Å². The highest BCUT2D eigenvalue weighted by Gasteiger charge is 2.74. The van der Waals surface area contributed by atoms with Gasteiger partial charge < -0.3 is 0 Å². The molecule has 1 fully saturated rings. The maximum Gasteiger partial charge on any atom is 0.285 e. The summed E-state index contributed by atoms with van der Waals surface area (Å²) in [7, 11) is 0. The van der Waals surface area contributed by atoms with Gasteiger partial charge in [-0.25, -0.2) is 4.90 Å². The molecule has 0 saturated carbocycles. The van der Waals surface area contributed by atoms with Gasteiger partial charge in [-0.15, -0.1) is 0 Å². The maximum atomic E-state index is 13.9. The largest absolute Gasteiger partial charge is 0.285 e. The summed E-state index contributed by atoms with van der Waals surface area (Å²) in [6.45, 7) is 1.79. The van der Waals surface area contributed by atoms with Gasteiger partial charge in [-0.1, -0.05) is 66.2 Å². The van der Waals surface area contributed by atoms with Crippen LogP contribution in [0.5, 0.6) is 0 Å².